The van der Waals surface area contributed by atoms with E-state index < -0.39 is 0 Å². The number of fused-ring (bicyclic) bond motifs is 1. The molecule has 0 unspecified atom stereocenters. The lowest BCUT2D eigenvalue weighted by Gasteiger charge is -2.12. The van der Waals surface area contributed by atoms with Gasteiger partial charge >= 0.3 is 5.97 Å². The molecule has 4 rings (SSSR count). The van der Waals surface area contributed by atoms with Crippen molar-refractivity contribution in [3.8, 4) is 17.1 Å². The summed E-state index contributed by atoms with van der Waals surface area (Å²) in [4.78, 5) is 26.5. The molecule has 1 aliphatic rings. The van der Waals surface area contributed by atoms with Crippen LogP contribution in [0, 0.1) is 0 Å². The van der Waals surface area contributed by atoms with Crippen LogP contribution in [0.1, 0.15) is 40.6 Å². The molecule has 0 spiro atoms. The van der Waals surface area contributed by atoms with Gasteiger partial charge in [-0.15, -0.1) is 21.5 Å². The van der Waals surface area contributed by atoms with E-state index in [2.05, 4.69) is 15.5 Å². The highest BCUT2D eigenvalue weighted by Crippen LogP contribution is 2.39. The molecule has 0 saturated heterocycles. The van der Waals surface area contributed by atoms with Gasteiger partial charge < -0.3 is 19.4 Å². The van der Waals surface area contributed by atoms with E-state index in [0.29, 0.717) is 33.9 Å². The number of anilines is 1. The number of amides is 1. The van der Waals surface area contributed by atoms with Crippen LogP contribution < -0.4 is 10.1 Å². The van der Waals surface area contributed by atoms with Crippen molar-refractivity contribution < 1.29 is 19.1 Å². The summed E-state index contributed by atoms with van der Waals surface area (Å²) in [6.45, 7) is 2.08. The SMILES string of the molecule is CCOC(=O)c1c(NC(=O)CSc2nnc(-c3ccccc3OC)n2C)sc2c1CCCC2. The van der Waals surface area contributed by atoms with E-state index in [-0.39, 0.29) is 17.6 Å². The first-order chi connectivity index (χ1) is 16.0. The van der Waals surface area contributed by atoms with E-state index in [0.717, 1.165) is 36.8 Å². The van der Waals surface area contributed by atoms with Gasteiger partial charge in [0.25, 0.3) is 0 Å². The molecule has 33 heavy (non-hydrogen) atoms. The fourth-order valence-electron chi connectivity index (χ4n) is 3.87. The number of hydrogen-bond donors (Lipinski definition) is 1. The van der Waals surface area contributed by atoms with Crippen molar-refractivity contribution in [2.45, 2.75) is 37.8 Å². The largest absolute Gasteiger partial charge is 0.496 e. The third-order valence-electron chi connectivity index (χ3n) is 5.42. The van der Waals surface area contributed by atoms with Crippen molar-refractivity contribution in [3.05, 3.63) is 40.3 Å². The second-order valence-electron chi connectivity index (χ2n) is 7.54. The van der Waals surface area contributed by atoms with E-state index in [4.69, 9.17) is 9.47 Å². The van der Waals surface area contributed by atoms with E-state index in [1.165, 1.54) is 28.0 Å². The minimum absolute atomic E-state index is 0.142. The number of thiophene rings is 1. The minimum Gasteiger partial charge on any atom is -0.496 e. The third-order valence-corrected chi connectivity index (χ3v) is 7.65. The van der Waals surface area contributed by atoms with Crippen LogP contribution in [0.3, 0.4) is 0 Å². The number of hydrogen-bond acceptors (Lipinski definition) is 8. The smallest absolute Gasteiger partial charge is 0.341 e. The van der Waals surface area contributed by atoms with E-state index in [1.807, 2.05) is 35.9 Å². The van der Waals surface area contributed by atoms with Crippen molar-refractivity contribution in [3.63, 3.8) is 0 Å². The number of nitrogens with one attached hydrogen (secondary N) is 1. The van der Waals surface area contributed by atoms with Crippen LogP contribution in [-0.4, -0.2) is 46.1 Å². The number of nitrogens with zero attached hydrogens (tertiary/aromatic N) is 3. The zero-order valence-corrected chi connectivity index (χ0v) is 20.5. The lowest BCUT2D eigenvalue weighted by molar-refractivity contribution is -0.113. The maximum absolute atomic E-state index is 12.8. The van der Waals surface area contributed by atoms with Crippen LogP contribution in [0.25, 0.3) is 11.4 Å². The Kier molecular flexibility index (Phi) is 7.34. The van der Waals surface area contributed by atoms with Gasteiger partial charge in [-0.05, 0) is 50.3 Å². The van der Waals surface area contributed by atoms with Crippen molar-refractivity contribution in [2.75, 3.05) is 24.8 Å². The molecule has 0 atom stereocenters. The lowest BCUT2D eigenvalue weighted by Crippen LogP contribution is -2.17. The highest BCUT2D eigenvalue weighted by molar-refractivity contribution is 7.99. The van der Waals surface area contributed by atoms with Gasteiger partial charge in [-0.2, -0.15) is 0 Å². The molecule has 1 aliphatic carbocycles. The topological polar surface area (TPSA) is 95.3 Å². The second kappa shape index (κ2) is 10.4. The normalized spacial score (nSPS) is 12.8. The van der Waals surface area contributed by atoms with E-state index >= 15 is 0 Å². The Morgan fingerprint density at radius 3 is 2.79 bits per heavy atom. The van der Waals surface area contributed by atoms with Gasteiger partial charge in [0.2, 0.25) is 5.91 Å². The molecule has 0 aliphatic heterocycles. The van der Waals surface area contributed by atoms with Crippen LogP contribution in [-0.2, 0) is 29.4 Å². The molecule has 2 heterocycles. The second-order valence-corrected chi connectivity index (χ2v) is 9.59. The standard InChI is InChI=1S/C23H26N4O4S2/c1-4-31-22(29)19-15-10-6-8-12-17(15)33-21(19)24-18(28)13-32-23-26-25-20(27(23)2)14-9-5-7-11-16(14)30-3/h5,7,9,11H,4,6,8,10,12-13H2,1-3H3,(H,24,28). The van der Waals surface area contributed by atoms with Crippen molar-refractivity contribution in [1.29, 1.82) is 0 Å². The molecule has 1 aromatic carbocycles. The fraction of sp³-hybridized carbons (Fsp3) is 0.391. The van der Waals surface area contributed by atoms with Crippen LogP contribution in [0.2, 0.25) is 0 Å². The molecule has 3 aromatic rings. The number of para-hydroxylation sites is 1. The van der Waals surface area contributed by atoms with Gasteiger partial charge in [0.05, 0.1) is 30.6 Å². The zero-order chi connectivity index (χ0) is 23.4. The fourth-order valence-corrected chi connectivity index (χ4v) is 5.88. The number of aryl methyl sites for hydroxylation is 1. The Hall–Kier alpha value is -2.85. The van der Waals surface area contributed by atoms with Gasteiger partial charge in [-0.3, -0.25) is 4.79 Å². The Bertz CT molecular complexity index is 1170. The van der Waals surface area contributed by atoms with Crippen LogP contribution in [0.15, 0.2) is 29.4 Å². The molecular formula is C23H26N4O4S2. The monoisotopic (exact) mass is 486 g/mol. The zero-order valence-electron chi connectivity index (χ0n) is 18.8. The molecular weight excluding hydrogens is 460 g/mol. The molecule has 2 aromatic heterocycles. The lowest BCUT2D eigenvalue weighted by atomic mass is 9.95. The first-order valence-corrected chi connectivity index (χ1v) is 12.6. The number of benzene rings is 1. The third kappa shape index (κ3) is 4.91. The number of methoxy groups -OCH3 is 1. The van der Waals surface area contributed by atoms with Gasteiger partial charge in [-0.1, -0.05) is 23.9 Å². The summed E-state index contributed by atoms with van der Waals surface area (Å²) < 4.78 is 12.5. The number of carbonyl (C=O) groups is 2. The number of ether oxygens (including phenoxy) is 2. The maximum atomic E-state index is 12.8. The Labute approximate surface area is 200 Å². The van der Waals surface area contributed by atoms with E-state index in [9.17, 15) is 9.59 Å². The summed E-state index contributed by atoms with van der Waals surface area (Å²) in [5, 5.41) is 12.6. The average molecular weight is 487 g/mol. The average Bonchev–Trinajstić information content (AvgIpc) is 3.37. The number of rotatable bonds is 8. The number of carbonyl (C=O) groups excluding carboxylic acids is 2. The molecule has 8 nitrogen and oxygen atoms in total. The first-order valence-electron chi connectivity index (χ1n) is 10.8. The van der Waals surface area contributed by atoms with Gasteiger partial charge in [0.1, 0.15) is 10.8 Å². The van der Waals surface area contributed by atoms with Crippen LogP contribution in [0.4, 0.5) is 5.00 Å². The molecule has 10 heteroatoms. The van der Waals surface area contributed by atoms with Crippen LogP contribution >= 0.6 is 23.1 Å². The van der Waals surface area contributed by atoms with E-state index in [1.54, 1.807) is 14.0 Å². The minimum atomic E-state index is -0.366. The molecule has 0 bridgehead atoms. The highest BCUT2D eigenvalue weighted by atomic mass is 32.2. The predicted octanol–water partition coefficient (Wildman–Crippen LogP) is 4.34. The highest BCUT2D eigenvalue weighted by Gasteiger charge is 2.27. The molecule has 0 saturated carbocycles. The summed E-state index contributed by atoms with van der Waals surface area (Å²) >= 11 is 2.77. The van der Waals surface area contributed by atoms with Gasteiger partial charge in [-0.25, -0.2) is 4.79 Å². The first kappa shape index (κ1) is 23.3. The molecule has 1 amide bonds. The van der Waals surface area contributed by atoms with Crippen molar-refractivity contribution >= 4 is 40.0 Å². The van der Waals surface area contributed by atoms with Gasteiger partial charge in [0, 0.05) is 11.9 Å². The Morgan fingerprint density at radius 1 is 1.21 bits per heavy atom. The summed E-state index contributed by atoms with van der Waals surface area (Å²) in [6.07, 6.45) is 3.91. The quantitative estimate of drug-likeness (QED) is 0.374. The van der Waals surface area contributed by atoms with Crippen LogP contribution in [0.5, 0.6) is 5.75 Å². The van der Waals surface area contributed by atoms with Crippen molar-refractivity contribution in [2.24, 2.45) is 7.05 Å². The molecule has 0 fully saturated rings. The van der Waals surface area contributed by atoms with Crippen molar-refractivity contribution in [1.82, 2.24) is 14.8 Å². The molecule has 174 valence electrons. The Morgan fingerprint density at radius 2 is 2.00 bits per heavy atom. The van der Waals surface area contributed by atoms with Gasteiger partial charge in [0.15, 0.2) is 11.0 Å². The maximum Gasteiger partial charge on any atom is 0.341 e. The summed E-state index contributed by atoms with van der Waals surface area (Å²) in [6, 6.07) is 7.59. The number of aromatic nitrogens is 3. The molecule has 1 N–H and O–H groups in total. The molecule has 0 radical (unpaired) electrons. The predicted molar refractivity (Wildman–Crippen MR) is 129 cm³/mol. The summed E-state index contributed by atoms with van der Waals surface area (Å²) in [5.41, 5.74) is 2.38. The number of esters is 1. The summed E-state index contributed by atoms with van der Waals surface area (Å²) in [7, 11) is 3.47. The number of thioether (sulfide) groups is 1. The Balaban J connectivity index is 1.47. The summed E-state index contributed by atoms with van der Waals surface area (Å²) in [5.74, 6) is 0.935.